The summed E-state index contributed by atoms with van der Waals surface area (Å²) >= 11 is 0. The lowest BCUT2D eigenvalue weighted by Gasteiger charge is -2.14. The average molecular weight is 533 g/mol. The van der Waals surface area contributed by atoms with Gasteiger partial charge in [-0.25, -0.2) is 18.2 Å². The number of imidazole rings is 1. The molecule has 0 spiro atoms. The van der Waals surface area contributed by atoms with Crippen LogP contribution in [0.1, 0.15) is 17.9 Å². The van der Waals surface area contributed by atoms with Crippen LogP contribution in [0, 0.1) is 12.7 Å². The van der Waals surface area contributed by atoms with E-state index in [-0.39, 0.29) is 19.0 Å². The predicted octanol–water partition coefficient (Wildman–Crippen LogP) is 6.11. The maximum absolute atomic E-state index is 14.1. The Morgan fingerprint density at radius 1 is 1.03 bits per heavy atom. The first kappa shape index (κ1) is 26.2. The second kappa shape index (κ2) is 11.1. The summed E-state index contributed by atoms with van der Waals surface area (Å²) in [7, 11) is 0. The summed E-state index contributed by atoms with van der Waals surface area (Å²) in [5.74, 6) is -2.34. The van der Waals surface area contributed by atoms with Crippen molar-refractivity contribution in [2.75, 3.05) is 18.5 Å². The summed E-state index contributed by atoms with van der Waals surface area (Å²) in [6.07, 6.45) is 1.03. The number of ether oxygens (including phenoxy) is 1. The van der Waals surface area contributed by atoms with Gasteiger partial charge in [0.05, 0.1) is 48.5 Å². The van der Waals surface area contributed by atoms with E-state index >= 15 is 0 Å². The fourth-order valence-electron chi connectivity index (χ4n) is 4.12. The van der Waals surface area contributed by atoms with Gasteiger partial charge in [0, 0.05) is 23.1 Å². The highest BCUT2D eigenvalue weighted by molar-refractivity contribution is 5.87. The van der Waals surface area contributed by atoms with E-state index in [1.54, 1.807) is 24.3 Å². The fourth-order valence-corrected chi connectivity index (χ4v) is 4.12. The van der Waals surface area contributed by atoms with E-state index in [4.69, 9.17) is 15.5 Å². The first-order valence-electron chi connectivity index (χ1n) is 12.4. The number of nitrogens with zero attached hydrogens (tertiary/aromatic N) is 3. The molecule has 0 radical (unpaired) electrons. The number of H-pyrrole nitrogens is 1. The van der Waals surface area contributed by atoms with Crippen LogP contribution in [0.2, 0.25) is 0 Å². The summed E-state index contributed by atoms with van der Waals surface area (Å²) in [6.45, 7) is 1.26. The van der Waals surface area contributed by atoms with E-state index in [1.807, 2.05) is 43.3 Å². The molecule has 3 heterocycles. The molecule has 2 aromatic carbocycles. The standard InChI is InChI=1S/C29H27F3N6O/c1-18-5-4-8-25(36-18)28-27(37-26(38-28)16-35-24-7-3-2-6-22(24)30)19-9-10-23-20(13-19)14-21(15-34-23)39-12-11-29(31,32)17-33/h2-10,13-15,35H,11-12,16-17,33H2,1H3,(H,37,38). The predicted molar refractivity (Wildman–Crippen MR) is 145 cm³/mol. The third kappa shape index (κ3) is 6.18. The highest BCUT2D eigenvalue weighted by Gasteiger charge is 2.26. The molecule has 0 bridgehead atoms. The van der Waals surface area contributed by atoms with E-state index in [9.17, 15) is 13.2 Å². The molecule has 5 rings (SSSR count). The molecule has 3 aromatic heterocycles. The maximum atomic E-state index is 14.1. The summed E-state index contributed by atoms with van der Waals surface area (Å²) in [5.41, 5.74) is 9.92. The number of aryl methyl sites for hydroxylation is 1. The minimum atomic E-state index is -2.98. The molecule has 0 amide bonds. The lowest BCUT2D eigenvalue weighted by Crippen LogP contribution is -2.29. The van der Waals surface area contributed by atoms with Gasteiger partial charge >= 0.3 is 0 Å². The van der Waals surface area contributed by atoms with Crippen molar-refractivity contribution in [3.05, 3.63) is 90.3 Å². The Hall–Kier alpha value is -4.44. The molecule has 200 valence electrons. The molecule has 0 fully saturated rings. The topological polar surface area (TPSA) is 102 Å². The molecular weight excluding hydrogens is 505 g/mol. The van der Waals surface area contributed by atoms with Crippen molar-refractivity contribution in [3.63, 3.8) is 0 Å². The van der Waals surface area contributed by atoms with Gasteiger partial charge in [0.15, 0.2) is 0 Å². The normalized spacial score (nSPS) is 11.6. The van der Waals surface area contributed by atoms with E-state index < -0.39 is 18.9 Å². The number of hydrogen-bond donors (Lipinski definition) is 3. The van der Waals surface area contributed by atoms with Crippen LogP contribution in [-0.2, 0) is 6.54 Å². The van der Waals surface area contributed by atoms with Crippen molar-refractivity contribution >= 4 is 16.6 Å². The molecule has 39 heavy (non-hydrogen) atoms. The largest absolute Gasteiger partial charge is 0.492 e. The van der Waals surface area contributed by atoms with Gasteiger partial charge in [-0.05, 0) is 49.4 Å². The minimum absolute atomic E-state index is 0.181. The number of nitrogens with two attached hydrogens (primary N) is 1. The van der Waals surface area contributed by atoms with Crippen LogP contribution in [-0.4, -0.2) is 39.0 Å². The zero-order chi connectivity index (χ0) is 27.4. The van der Waals surface area contributed by atoms with Gasteiger partial charge in [0.2, 0.25) is 0 Å². The van der Waals surface area contributed by atoms with Crippen LogP contribution < -0.4 is 15.8 Å². The number of benzene rings is 2. The average Bonchev–Trinajstić information content (AvgIpc) is 3.36. The summed E-state index contributed by atoms with van der Waals surface area (Å²) in [4.78, 5) is 17.2. The Morgan fingerprint density at radius 3 is 2.67 bits per heavy atom. The SMILES string of the molecule is Cc1cccc(-c2nc(CNc3ccccc3F)[nH]c2-c2ccc3ncc(OCCC(F)(F)CN)cc3c2)n1. The molecule has 5 aromatic rings. The van der Waals surface area contributed by atoms with Crippen molar-refractivity contribution in [1.29, 1.82) is 0 Å². The van der Waals surface area contributed by atoms with Crippen molar-refractivity contribution < 1.29 is 17.9 Å². The van der Waals surface area contributed by atoms with Gasteiger partial charge in [-0.1, -0.05) is 24.3 Å². The minimum Gasteiger partial charge on any atom is -0.492 e. The van der Waals surface area contributed by atoms with Gasteiger partial charge in [-0.3, -0.25) is 9.97 Å². The molecule has 0 aliphatic rings. The number of hydrogen-bond acceptors (Lipinski definition) is 6. The summed E-state index contributed by atoms with van der Waals surface area (Å²) in [5, 5.41) is 3.84. The molecule has 0 unspecified atom stereocenters. The molecule has 0 aliphatic carbocycles. The fraction of sp³-hybridized carbons (Fsp3) is 0.207. The van der Waals surface area contributed by atoms with Crippen LogP contribution in [0.15, 0.2) is 72.9 Å². The van der Waals surface area contributed by atoms with Crippen LogP contribution in [0.3, 0.4) is 0 Å². The summed E-state index contributed by atoms with van der Waals surface area (Å²) < 4.78 is 46.6. The molecule has 7 nitrogen and oxygen atoms in total. The number of para-hydroxylation sites is 1. The van der Waals surface area contributed by atoms with Crippen molar-refractivity contribution in [3.8, 4) is 28.4 Å². The monoisotopic (exact) mass is 532 g/mol. The zero-order valence-corrected chi connectivity index (χ0v) is 21.2. The lowest BCUT2D eigenvalue weighted by molar-refractivity contribution is -0.00918. The highest BCUT2D eigenvalue weighted by Crippen LogP contribution is 2.32. The number of alkyl halides is 2. The second-order valence-electron chi connectivity index (χ2n) is 9.14. The second-order valence-corrected chi connectivity index (χ2v) is 9.14. The molecule has 0 saturated carbocycles. The van der Waals surface area contributed by atoms with Crippen molar-refractivity contribution in [1.82, 2.24) is 19.9 Å². The maximum Gasteiger partial charge on any atom is 0.263 e. The molecular formula is C29H27F3N6O. The Labute approximate surface area is 223 Å². The Morgan fingerprint density at radius 2 is 1.87 bits per heavy atom. The van der Waals surface area contributed by atoms with E-state index in [2.05, 4.69) is 20.3 Å². The quantitative estimate of drug-likeness (QED) is 0.201. The highest BCUT2D eigenvalue weighted by atomic mass is 19.3. The van der Waals surface area contributed by atoms with E-state index in [0.717, 1.165) is 27.9 Å². The molecule has 4 N–H and O–H groups in total. The Bertz CT molecular complexity index is 1600. The number of aromatic nitrogens is 4. The van der Waals surface area contributed by atoms with Gasteiger partial charge in [0.25, 0.3) is 5.92 Å². The Balaban J connectivity index is 1.47. The summed E-state index contributed by atoms with van der Waals surface area (Å²) in [6, 6.07) is 19.6. The third-order valence-corrected chi connectivity index (χ3v) is 6.18. The number of fused-ring (bicyclic) bond motifs is 1. The first-order valence-corrected chi connectivity index (χ1v) is 12.4. The number of anilines is 1. The number of rotatable bonds is 10. The van der Waals surface area contributed by atoms with Crippen molar-refractivity contribution in [2.45, 2.75) is 25.8 Å². The third-order valence-electron chi connectivity index (χ3n) is 6.18. The zero-order valence-electron chi connectivity index (χ0n) is 21.2. The smallest absolute Gasteiger partial charge is 0.263 e. The first-order chi connectivity index (χ1) is 18.8. The van der Waals surface area contributed by atoms with Crippen LogP contribution in [0.25, 0.3) is 33.5 Å². The van der Waals surface area contributed by atoms with Crippen LogP contribution in [0.5, 0.6) is 5.75 Å². The lowest BCUT2D eigenvalue weighted by atomic mass is 10.1. The molecule has 0 saturated heterocycles. The number of pyridine rings is 2. The van der Waals surface area contributed by atoms with E-state index in [0.29, 0.717) is 28.6 Å². The van der Waals surface area contributed by atoms with Crippen molar-refractivity contribution in [2.24, 2.45) is 5.73 Å². The number of nitrogens with one attached hydrogen (secondary N) is 2. The van der Waals surface area contributed by atoms with Gasteiger partial charge in [-0.15, -0.1) is 0 Å². The van der Waals surface area contributed by atoms with Gasteiger partial charge < -0.3 is 20.8 Å². The van der Waals surface area contributed by atoms with Gasteiger partial charge in [0.1, 0.15) is 23.1 Å². The van der Waals surface area contributed by atoms with Gasteiger partial charge in [-0.2, -0.15) is 0 Å². The Kier molecular flexibility index (Phi) is 7.47. The van der Waals surface area contributed by atoms with E-state index in [1.165, 1.54) is 12.3 Å². The number of halogens is 3. The van der Waals surface area contributed by atoms with Crippen LogP contribution in [0.4, 0.5) is 18.9 Å². The molecule has 0 aliphatic heterocycles. The molecule has 0 atom stereocenters. The van der Waals surface area contributed by atoms with Crippen LogP contribution >= 0.6 is 0 Å². The molecule has 10 heteroatoms. The number of aromatic amines is 1.